The number of rotatable bonds is 2. The highest BCUT2D eigenvalue weighted by Gasteiger charge is 2.43. The highest BCUT2D eigenvalue weighted by Crippen LogP contribution is 2.33. The molecule has 0 saturated carbocycles. The molecule has 13 heavy (non-hydrogen) atoms. The number of ketones is 1. The molecule has 1 aliphatic heterocycles. The van der Waals surface area contributed by atoms with Crippen LogP contribution in [0.15, 0.2) is 0 Å². The van der Waals surface area contributed by atoms with E-state index >= 15 is 0 Å². The Labute approximate surface area is 74.7 Å². The van der Waals surface area contributed by atoms with Crippen LogP contribution in [0.4, 0.5) is 13.2 Å². The molecule has 0 aromatic heterocycles. The van der Waals surface area contributed by atoms with E-state index in [0.717, 1.165) is 0 Å². The molecule has 0 amide bonds. The number of carbonyl (C=O) groups excluding carboxylic acids is 1. The molecule has 0 aromatic carbocycles. The molecule has 76 valence electrons. The van der Waals surface area contributed by atoms with Crippen molar-refractivity contribution < 1.29 is 18.0 Å². The first-order valence-electron chi connectivity index (χ1n) is 4.18. The van der Waals surface area contributed by atoms with Gasteiger partial charge in [-0.25, -0.2) is 0 Å². The zero-order valence-corrected chi connectivity index (χ0v) is 7.40. The molecular formula is C8H12F3NO. The van der Waals surface area contributed by atoms with E-state index in [1.54, 1.807) is 4.90 Å². The van der Waals surface area contributed by atoms with Gasteiger partial charge in [0.15, 0.2) is 0 Å². The Morgan fingerprint density at radius 3 is 2.54 bits per heavy atom. The van der Waals surface area contributed by atoms with Gasteiger partial charge in [0.05, 0.1) is 12.5 Å². The van der Waals surface area contributed by atoms with Crippen LogP contribution >= 0.6 is 0 Å². The Morgan fingerprint density at radius 2 is 2.15 bits per heavy atom. The van der Waals surface area contributed by atoms with Crippen molar-refractivity contribution in [1.82, 2.24) is 4.90 Å². The number of nitrogens with zero attached hydrogens (tertiary/aromatic N) is 1. The summed E-state index contributed by atoms with van der Waals surface area (Å²) in [5, 5.41) is 0. The largest absolute Gasteiger partial charge is 0.393 e. The molecule has 1 unspecified atom stereocenters. The van der Waals surface area contributed by atoms with Crippen molar-refractivity contribution in [2.24, 2.45) is 5.92 Å². The van der Waals surface area contributed by atoms with Crippen molar-refractivity contribution in [2.45, 2.75) is 19.5 Å². The number of hydrogen-bond donors (Lipinski definition) is 0. The minimum Gasteiger partial charge on any atom is -0.299 e. The molecule has 1 fully saturated rings. The first kappa shape index (κ1) is 10.5. The van der Waals surface area contributed by atoms with Gasteiger partial charge in [0, 0.05) is 6.54 Å². The maximum absolute atomic E-state index is 12.2. The van der Waals surface area contributed by atoms with E-state index in [2.05, 4.69) is 0 Å². The molecule has 5 heteroatoms. The summed E-state index contributed by atoms with van der Waals surface area (Å²) in [4.78, 5) is 12.2. The van der Waals surface area contributed by atoms with Crippen molar-refractivity contribution in [2.75, 3.05) is 19.6 Å². The molecule has 0 N–H and O–H groups in total. The average Bonchev–Trinajstić information content (AvgIpc) is 2.32. The Bertz CT molecular complexity index is 202. The fourth-order valence-electron chi connectivity index (χ4n) is 1.56. The van der Waals surface area contributed by atoms with Gasteiger partial charge >= 0.3 is 6.18 Å². The van der Waals surface area contributed by atoms with Gasteiger partial charge in [0.25, 0.3) is 0 Å². The molecule has 2 nitrogen and oxygen atoms in total. The monoisotopic (exact) mass is 195 g/mol. The lowest BCUT2D eigenvalue weighted by Crippen LogP contribution is -2.30. The standard InChI is InChI=1S/C8H12F3NO/c1-6(13)4-12-3-2-7(5-12)8(9,10)11/h7H,2-5H2,1H3. The van der Waals surface area contributed by atoms with Gasteiger partial charge < -0.3 is 0 Å². The van der Waals surface area contributed by atoms with Crippen LogP contribution in [-0.4, -0.2) is 36.5 Å². The Morgan fingerprint density at radius 1 is 1.54 bits per heavy atom. The summed E-state index contributed by atoms with van der Waals surface area (Å²) >= 11 is 0. The van der Waals surface area contributed by atoms with E-state index in [9.17, 15) is 18.0 Å². The maximum atomic E-state index is 12.2. The molecular weight excluding hydrogens is 183 g/mol. The molecule has 0 radical (unpaired) electrons. The first-order chi connectivity index (χ1) is 5.89. The van der Waals surface area contributed by atoms with Crippen molar-refractivity contribution in [3.8, 4) is 0 Å². The lowest BCUT2D eigenvalue weighted by molar-refractivity contribution is -0.170. The second kappa shape index (κ2) is 3.65. The van der Waals surface area contributed by atoms with Gasteiger partial charge in [-0.2, -0.15) is 13.2 Å². The summed E-state index contributed by atoms with van der Waals surface area (Å²) in [5.74, 6) is -1.32. The van der Waals surface area contributed by atoms with Crippen LogP contribution < -0.4 is 0 Å². The van der Waals surface area contributed by atoms with Crippen molar-refractivity contribution >= 4 is 5.78 Å². The molecule has 1 heterocycles. The lowest BCUT2D eigenvalue weighted by Gasteiger charge is -2.15. The number of likely N-dealkylation sites (tertiary alicyclic amines) is 1. The normalized spacial score (nSPS) is 25.1. The van der Waals surface area contributed by atoms with Crippen molar-refractivity contribution in [3.63, 3.8) is 0 Å². The first-order valence-corrected chi connectivity index (χ1v) is 4.18. The van der Waals surface area contributed by atoms with Crippen LogP contribution in [0.3, 0.4) is 0 Å². The van der Waals surface area contributed by atoms with E-state index in [0.29, 0.717) is 6.54 Å². The summed E-state index contributed by atoms with van der Waals surface area (Å²) in [6.45, 7) is 1.89. The van der Waals surface area contributed by atoms with Gasteiger partial charge in [-0.1, -0.05) is 0 Å². The molecule has 1 aliphatic rings. The number of carbonyl (C=O) groups is 1. The zero-order valence-electron chi connectivity index (χ0n) is 7.40. The van der Waals surface area contributed by atoms with Crippen molar-refractivity contribution in [1.29, 1.82) is 0 Å². The SMILES string of the molecule is CC(=O)CN1CCC(C(F)(F)F)C1. The molecule has 1 atom stereocenters. The predicted octanol–water partition coefficient (Wildman–Crippen LogP) is 1.46. The third-order valence-corrected chi connectivity index (χ3v) is 2.18. The van der Waals surface area contributed by atoms with Gasteiger partial charge in [0.2, 0.25) is 0 Å². The molecule has 1 rings (SSSR count). The van der Waals surface area contributed by atoms with Crippen LogP contribution in [0.25, 0.3) is 0 Å². The Balaban J connectivity index is 2.41. The number of halogens is 3. The second-order valence-electron chi connectivity index (χ2n) is 3.46. The second-order valence-corrected chi connectivity index (χ2v) is 3.46. The highest BCUT2D eigenvalue weighted by molar-refractivity contribution is 5.77. The van der Waals surface area contributed by atoms with Crippen LogP contribution in [0.1, 0.15) is 13.3 Å². The molecule has 0 spiro atoms. The predicted molar refractivity (Wildman–Crippen MR) is 41.3 cm³/mol. The molecule has 1 saturated heterocycles. The zero-order chi connectivity index (χ0) is 10.1. The number of Topliss-reactive ketones (excluding diaryl/α,β-unsaturated/α-hetero) is 1. The third-order valence-electron chi connectivity index (χ3n) is 2.18. The fraction of sp³-hybridized carbons (Fsp3) is 0.875. The van der Waals surface area contributed by atoms with Gasteiger partial charge in [0.1, 0.15) is 5.78 Å². The number of alkyl halides is 3. The minimum atomic E-state index is -4.11. The minimum absolute atomic E-state index is 0.0247. The van der Waals surface area contributed by atoms with Crippen LogP contribution in [0.5, 0.6) is 0 Å². The van der Waals surface area contributed by atoms with E-state index in [4.69, 9.17) is 0 Å². The van der Waals surface area contributed by atoms with Crippen LogP contribution in [0.2, 0.25) is 0 Å². The third kappa shape index (κ3) is 2.99. The van der Waals surface area contributed by atoms with Crippen molar-refractivity contribution in [3.05, 3.63) is 0 Å². The average molecular weight is 195 g/mol. The van der Waals surface area contributed by atoms with Crippen LogP contribution in [0, 0.1) is 5.92 Å². The molecule has 0 aromatic rings. The highest BCUT2D eigenvalue weighted by atomic mass is 19.4. The molecule has 0 bridgehead atoms. The smallest absolute Gasteiger partial charge is 0.299 e. The van der Waals surface area contributed by atoms with E-state index < -0.39 is 12.1 Å². The number of hydrogen-bond acceptors (Lipinski definition) is 2. The summed E-state index contributed by atoms with van der Waals surface area (Å²) in [5.41, 5.74) is 0. The summed E-state index contributed by atoms with van der Waals surface area (Å²) in [6.07, 6.45) is -3.98. The van der Waals surface area contributed by atoms with Gasteiger partial charge in [-0.3, -0.25) is 9.69 Å². The molecule has 0 aliphatic carbocycles. The Hall–Kier alpha value is -0.580. The Kier molecular flexibility index (Phi) is 2.95. The summed E-state index contributed by atoms with van der Waals surface area (Å²) < 4.78 is 36.5. The van der Waals surface area contributed by atoms with Gasteiger partial charge in [-0.15, -0.1) is 0 Å². The van der Waals surface area contributed by atoms with Gasteiger partial charge in [-0.05, 0) is 19.9 Å². The summed E-state index contributed by atoms with van der Waals surface area (Å²) in [6, 6.07) is 0. The topological polar surface area (TPSA) is 20.3 Å². The van der Waals surface area contributed by atoms with E-state index in [1.807, 2.05) is 0 Å². The van der Waals surface area contributed by atoms with E-state index in [-0.39, 0.29) is 25.3 Å². The van der Waals surface area contributed by atoms with Crippen LogP contribution in [-0.2, 0) is 4.79 Å². The fourth-order valence-corrected chi connectivity index (χ4v) is 1.56. The quantitative estimate of drug-likeness (QED) is 0.664. The summed E-state index contributed by atoms with van der Waals surface area (Å²) in [7, 11) is 0. The maximum Gasteiger partial charge on any atom is 0.393 e. The van der Waals surface area contributed by atoms with E-state index in [1.165, 1.54) is 6.92 Å². The lowest BCUT2D eigenvalue weighted by atomic mass is 10.1.